The molecule has 0 bridgehead atoms. The summed E-state index contributed by atoms with van der Waals surface area (Å²) in [4.78, 5) is 9.78. The van der Waals surface area contributed by atoms with Crippen LogP contribution in [0.4, 0.5) is 18.9 Å². The molecule has 0 unspecified atom stereocenters. The number of rotatable bonds is 7. The SMILES string of the molecule is O=[N+]([O-])CCCc1ccc(NCC2CC2)c(C(F)(F)F)c1. The van der Waals surface area contributed by atoms with E-state index >= 15 is 0 Å². The molecule has 0 radical (unpaired) electrons. The van der Waals surface area contributed by atoms with Crippen molar-refractivity contribution in [1.82, 2.24) is 0 Å². The first-order valence-corrected chi connectivity index (χ1v) is 6.92. The summed E-state index contributed by atoms with van der Waals surface area (Å²) in [7, 11) is 0. The average Bonchev–Trinajstić information content (AvgIpc) is 3.19. The molecule has 2 rings (SSSR count). The van der Waals surface area contributed by atoms with E-state index in [9.17, 15) is 23.3 Å². The minimum absolute atomic E-state index is 0.0902. The summed E-state index contributed by atoms with van der Waals surface area (Å²) in [6.45, 7) is 0.326. The first kappa shape index (κ1) is 15.6. The highest BCUT2D eigenvalue weighted by Gasteiger charge is 2.34. The van der Waals surface area contributed by atoms with Gasteiger partial charge in [-0.3, -0.25) is 10.1 Å². The van der Waals surface area contributed by atoms with Crippen LogP contribution in [0.2, 0.25) is 0 Å². The Balaban J connectivity index is 2.07. The standard InChI is InChI=1S/C14H17F3N2O2/c15-14(16,17)12-8-10(2-1-7-19(20)21)5-6-13(12)18-9-11-3-4-11/h5-6,8,11,18H,1-4,7,9H2. The van der Waals surface area contributed by atoms with Gasteiger partial charge in [0.2, 0.25) is 6.54 Å². The zero-order valence-corrected chi connectivity index (χ0v) is 11.4. The van der Waals surface area contributed by atoms with Gasteiger partial charge in [-0.05, 0) is 42.9 Å². The summed E-state index contributed by atoms with van der Waals surface area (Å²) in [6.07, 6.45) is -1.79. The molecule has 1 aromatic carbocycles. The number of nitro groups is 1. The zero-order valence-electron chi connectivity index (χ0n) is 11.4. The number of alkyl halides is 3. The molecule has 1 aromatic rings. The number of nitrogens with zero attached hydrogens (tertiary/aromatic N) is 1. The Bertz CT molecular complexity index is 513. The second-order valence-corrected chi connectivity index (χ2v) is 5.36. The van der Waals surface area contributed by atoms with Crippen molar-refractivity contribution in [3.05, 3.63) is 39.4 Å². The van der Waals surface area contributed by atoms with Crippen LogP contribution in [0.1, 0.15) is 30.4 Å². The quantitative estimate of drug-likeness (QED) is 0.616. The van der Waals surface area contributed by atoms with Gasteiger partial charge >= 0.3 is 6.18 Å². The van der Waals surface area contributed by atoms with Gasteiger partial charge < -0.3 is 5.32 Å². The van der Waals surface area contributed by atoms with Crippen molar-refractivity contribution in [3.63, 3.8) is 0 Å². The average molecular weight is 302 g/mol. The highest BCUT2D eigenvalue weighted by molar-refractivity contribution is 5.54. The fourth-order valence-corrected chi connectivity index (χ4v) is 2.12. The third-order valence-corrected chi connectivity index (χ3v) is 3.47. The molecule has 0 aromatic heterocycles. The van der Waals surface area contributed by atoms with E-state index in [2.05, 4.69) is 5.32 Å². The molecule has 0 atom stereocenters. The number of anilines is 1. The largest absolute Gasteiger partial charge is 0.418 e. The number of halogens is 3. The van der Waals surface area contributed by atoms with Gasteiger partial charge in [-0.1, -0.05) is 6.07 Å². The fourth-order valence-electron chi connectivity index (χ4n) is 2.12. The van der Waals surface area contributed by atoms with E-state index in [-0.39, 0.29) is 25.1 Å². The van der Waals surface area contributed by atoms with Crippen molar-refractivity contribution in [1.29, 1.82) is 0 Å². The van der Waals surface area contributed by atoms with Crippen LogP contribution in [0.15, 0.2) is 18.2 Å². The highest BCUT2D eigenvalue weighted by atomic mass is 19.4. The van der Waals surface area contributed by atoms with E-state index in [4.69, 9.17) is 0 Å². The summed E-state index contributed by atoms with van der Waals surface area (Å²) in [6, 6.07) is 4.12. The zero-order chi connectivity index (χ0) is 15.5. The van der Waals surface area contributed by atoms with Crippen LogP contribution < -0.4 is 5.32 Å². The minimum atomic E-state index is -4.43. The molecule has 1 saturated carbocycles. The summed E-state index contributed by atoms with van der Waals surface area (Å²) in [5.41, 5.74) is -0.129. The molecule has 0 aliphatic heterocycles. The Morgan fingerprint density at radius 1 is 1.33 bits per heavy atom. The Hall–Kier alpha value is -1.79. The van der Waals surface area contributed by atoms with Crippen LogP contribution in [0.25, 0.3) is 0 Å². The maximum Gasteiger partial charge on any atom is 0.418 e. The Labute approximate surface area is 120 Å². The van der Waals surface area contributed by atoms with Gasteiger partial charge in [-0.25, -0.2) is 0 Å². The number of nitrogens with one attached hydrogen (secondary N) is 1. The van der Waals surface area contributed by atoms with Gasteiger partial charge in [0.15, 0.2) is 0 Å². The molecular formula is C14H17F3N2O2. The predicted octanol–water partition coefficient (Wildman–Crippen LogP) is 3.74. The lowest BCUT2D eigenvalue weighted by Gasteiger charge is -2.16. The van der Waals surface area contributed by atoms with E-state index < -0.39 is 16.7 Å². The van der Waals surface area contributed by atoms with Crippen molar-refractivity contribution in [3.8, 4) is 0 Å². The molecule has 21 heavy (non-hydrogen) atoms. The van der Waals surface area contributed by atoms with Crippen molar-refractivity contribution in [2.75, 3.05) is 18.4 Å². The molecule has 1 N–H and O–H groups in total. The summed E-state index contributed by atoms with van der Waals surface area (Å²) < 4.78 is 39.2. The summed E-state index contributed by atoms with van der Waals surface area (Å²) in [5.74, 6) is 0.478. The maximum absolute atomic E-state index is 13.1. The normalized spacial score (nSPS) is 15.0. The topological polar surface area (TPSA) is 55.2 Å². The van der Waals surface area contributed by atoms with E-state index in [1.54, 1.807) is 6.07 Å². The van der Waals surface area contributed by atoms with Crippen LogP contribution >= 0.6 is 0 Å². The number of aryl methyl sites for hydroxylation is 1. The van der Waals surface area contributed by atoms with Crippen LogP contribution in [0, 0.1) is 16.0 Å². The molecule has 116 valence electrons. The first-order valence-electron chi connectivity index (χ1n) is 6.92. The molecule has 0 heterocycles. The molecule has 0 amide bonds. The number of hydrogen-bond acceptors (Lipinski definition) is 3. The van der Waals surface area contributed by atoms with Crippen LogP contribution in [0.5, 0.6) is 0 Å². The van der Waals surface area contributed by atoms with Gasteiger partial charge in [0.1, 0.15) is 0 Å². The minimum Gasteiger partial charge on any atom is -0.384 e. The summed E-state index contributed by atoms with van der Waals surface area (Å²) >= 11 is 0. The smallest absolute Gasteiger partial charge is 0.384 e. The lowest BCUT2D eigenvalue weighted by atomic mass is 10.0. The third-order valence-electron chi connectivity index (χ3n) is 3.47. The highest BCUT2D eigenvalue weighted by Crippen LogP contribution is 2.37. The van der Waals surface area contributed by atoms with Crippen LogP contribution in [-0.2, 0) is 12.6 Å². The van der Waals surface area contributed by atoms with E-state index in [1.165, 1.54) is 6.07 Å². The van der Waals surface area contributed by atoms with Crippen LogP contribution in [0.3, 0.4) is 0 Å². The van der Waals surface area contributed by atoms with Gasteiger partial charge in [0, 0.05) is 23.6 Å². The molecule has 0 spiro atoms. The predicted molar refractivity (Wildman–Crippen MR) is 72.8 cm³/mol. The molecule has 7 heteroatoms. The molecular weight excluding hydrogens is 285 g/mol. The lowest BCUT2D eigenvalue weighted by molar-refractivity contribution is -0.480. The molecule has 4 nitrogen and oxygen atoms in total. The number of hydrogen-bond donors (Lipinski definition) is 1. The molecule has 0 saturated heterocycles. The monoisotopic (exact) mass is 302 g/mol. The fraction of sp³-hybridized carbons (Fsp3) is 0.571. The first-order chi connectivity index (χ1) is 9.86. The van der Waals surface area contributed by atoms with E-state index in [1.807, 2.05) is 0 Å². The van der Waals surface area contributed by atoms with Crippen molar-refractivity contribution in [2.45, 2.75) is 31.9 Å². The molecule has 1 aliphatic rings. The van der Waals surface area contributed by atoms with Gasteiger partial charge in [0.05, 0.1) is 5.56 Å². The second kappa shape index (κ2) is 6.32. The second-order valence-electron chi connectivity index (χ2n) is 5.36. The summed E-state index contributed by atoms with van der Waals surface area (Å²) in [5, 5.41) is 13.1. The number of benzene rings is 1. The molecule has 1 fully saturated rings. The van der Waals surface area contributed by atoms with Gasteiger partial charge in [0.25, 0.3) is 0 Å². The van der Waals surface area contributed by atoms with E-state index in [0.717, 1.165) is 18.9 Å². The molecule has 1 aliphatic carbocycles. The van der Waals surface area contributed by atoms with E-state index in [0.29, 0.717) is 18.0 Å². The lowest BCUT2D eigenvalue weighted by Crippen LogP contribution is -2.13. The Morgan fingerprint density at radius 2 is 2.05 bits per heavy atom. The van der Waals surface area contributed by atoms with Gasteiger partial charge in [-0.15, -0.1) is 0 Å². The maximum atomic E-state index is 13.1. The Kier molecular flexibility index (Phi) is 4.69. The van der Waals surface area contributed by atoms with Crippen molar-refractivity contribution >= 4 is 5.69 Å². The van der Waals surface area contributed by atoms with Gasteiger partial charge in [-0.2, -0.15) is 13.2 Å². The van der Waals surface area contributed by atoms with Crippen molar-refractivity contribution < 1.29 is 18.1 Å². The van der Waals surface area contributed by atoms with Crippen LogP contribution in [-0.4, -0.2) is 18.0 Å². The van der Waals surface area contributed by atoms with Crippen molar-refractivity contribution in [2.24, 2.45) is 5.92 Å². The third kappa shape index (κ3) is 4.91. The Morgan fingerprint density at radius 3 is 2.62 bits per heavy atom.